The Morgan fingerprint density at radius 3 is 2.57 bits per heavy atom. The molecular formula is C30H25ClN4O4S3. The minimum absolute atomic E-state index is 0.0208. The molecular weight excluding hydrogens is 612 g/mol. The molecule has 12 heteroatoms. The number of benzene rings is 3. The van der Waals surface area contributed by atoms with Gasteiger partial charge in [-0.05, 0) is 67.1 Å². The van der Waals surface area contributed by atoms with E-state index in [4.69, 9.17) is 28.6 Å². The molecule has 1 fully saturated rings. The summed E-state index contributed by atoms with van der Waals surface area (Å²) in [7, 11) is 0. The summed E-state index contributed by atoms with van der Waals surface area (Å²) < 4.78 is 7.33. The Bertz CT molecular complexity index is 1690. The van der Waals surface area contributed by atoms with E-state index in [0.717, 1.165) is 11.3 Å². The van der Waals surface area contributed by atoms with Gasteiger partial charge in [0.25, 0.3) is 5.91 Å². The van der Waals surface area contributed by atoms with Gasteiger partial charge in [-0.25, -0.2) is 4.98 Å². The monoisotopic (exact) mass is 636 g/mol. The van der Waals surface area contributed by atoms with Crippen LogP contribution in [0.25, 0.3) is 17.1 Å². The van der Waals surface area contributed by atoms with Crippen LogP contribution in [-0.4, -0.2) is 55.4 Å². The molecule has 2 heterocycles. The van der Waals surface area contributed by atoms with Gasteiger partial charge in [0.2, 0.25) is 11.8 Å². The van der Waals surface area contributed by atoms with Crippen molar-refractivity contribution >= 4 is 92.2 Å². The third kappa shape index (κ3) is 7.04. The molecule has 8 nitrogen and oxygen atoms in total. The molecule has 0 radical (unpaired) electrons. The molecule has 214 valence electrons. The first-order chi connectivity index (χ1) is 20.3. The van der Waals surface area contributed by atoms with Crippen molar-refractivity contribution in [2.45, 2.75) is 18.5 Å². The van der Waals surface area contributed by atoms with Crippen molar-refractivity contribution in [1.82, 2.24) is 14.5 Å². The smallest absolute Gasteiger partial charge is 0.266 e. The summed E-state index contributed by atoms with van der Waals surface area (Å²) in [6.45, 7) is 2.59. The maximum Gasteiger partial charge on any atom is 0.266 e. The number of hydrogen-bond donors (Lipinski definition) is 1. The lowest BCUT2D eigenvalue weighted by Crippen LogP contribution is -2.31. The highest BCUT2D eigenvalue weighted by Crippen LogP contribution is 2.33. The molecule has 0 saturated carbocycles. The molecule has 0 bridgehead atoms. The molecule has 3 aromatic carbocycles. The van der Waals surface area contributed by atoms with Crippen LogP contribution in [0.3, 0.4) is 0 Å². The number of carbonyl (C=O) groups is 3. The summed E-state index contributed by atoms with van der Waals surface area (Å²) >= 11 is 13.8. The largest absolute Gasteiger partial charge is 0.494 e. The highest BCUT2D eigenvalue weighted by Gasteiger charge is 2.32. The van der Waals surface area contributed by atoms with Crippen molar-refractivity contribution in [3.63, 3.8) is 0 Å². The highest BCUT2D eigenvalue weighted by molar-refractivity contribution is 8.26. The number of hydrogen-bond acceptors (Lipinski definition) is 8. The molecule has 0 unspecified atom stereocenters. The zero-order valence-electron chi connectivity index (χ0n) is 22.4. The van der Waals surface area contributed by atoms with Gasteiger partial charge in [0.1, 0.15) is 10.1 Å². The van der Waals surface area contributed by atoms with Gasteiger partial charge in [0.15, 0.2) is 5.16 Å². The predicted molar refractivity (Wildman–Crippen MR) is 173 cm³/mol. The van der Waals surface area contributed by atoms with E-state index in [2.05, 4.69) is 10.3 Å². The van der Waals surface area contributed by atoms with E-state index in [1.807, 2.05) is 37.3 Å². The van der Waals surface area contributed by atoms with E-state index in [1.165, 1.54) is 33.0 Å². The Kier molecular flexibility index (Phi) is 9.63. The van der Waals surface area contributed by atoms with E-state index in [-0.39, 0.29) is 36.4 Å². The number of thioether (sulfide) groups is 2. The van der Waals surface area contributed by atoms with Crippen molar-refractivity contribution in [2.24, 2.45) is 0 Å². The van der Waals surface area contributed by atoms with Crippen LogP contribution in [0.5, 0.6) is 5.75 Å². The van der Waals surface area contributed by atoms with Gasteiger partial charge in [0.05, 0.1) is 28.3 Å². The quantitative estimate of drug-likeness (QED) is 0.116. The van der Waals surface area contributed by atoms with E-state index in [9.17, 15) is 14.4 Å². The lowest BCUT2D eigenvalue weighted by molar-refractivity contribution is -0.122. The minimum Gasteiger partial charge on any atom is -0.494 e. The lowest BCUT2D eigenvalue weighted by Gasteiger charge is -2.15. The molecule has 0 aliphatic carbocycles. The van der Waals surface area contributed by atoms with Crippen molar-refractivity contribution in [3.05, 3.63) is 88.3 Å². The number of anilines is 1. The maximum absolute atomic E-state index is 13.5. The highest BCUT2D eigenvalue weighted by atomic mass is 35.5. The summed E-state index contributed by atoms with van der Waals surface area (Å²) in [5, 5.41) is 3.86. The third-order valence-electron chi connectivity index (χ3n) is 6.15. The first kappa shape index (κ1) is 29.8. The van der Waals surface area contributed by atoms with Crippen LogP contribution in [-0.2, 0) is 9.59 Å². The fourth-order valence-corrected chi connectivity index (χ4v) is 6.45. The number of thiocarbonyl (C=S) groups is 1. The Labute approximate surface area is 261 Å². The second-order valence-electron chi connectivity index (χ2n) is 9.04. The van der Waals surface area contributed by atoms with Gasteiger partial charge >= 0.3 is 0 Å². The van der Waals surface area contributed by atoms with Crippen LogP contribution in [0.2, 0.25) is 5.02 Å². The average molecular weight is 637 g/mol. The van der Waals surface area contributed by atoms with E-state index >= 15 is 0 Å². The van der Waals surface area contributed by atoms with Crippen molar-refractivity contribution < 1.29 is 19.1 Å². The number of aromatic nitrogens is 2. The standard InChI is InChI=1S/C30H25ClN4O4S3/c1-2-39-22-13-11-21(12-14-22)32-26(36)18-41-29-33-23-5-3-4-6-24(23)35(29)27(37)15-16-34-28(38)25(42-30(34)40)17-19-7-9-20(31)10-8-19/h3-14,17H,2,15-16,18H2,1H3,(H,32,36)/b25-17-. The number of carbonyl (C=O) groups excluding carboxylic acids is 3. The molecule has 2 amide bonds. The number of amides is 2. The maximum atomic E-state index is 13.5. The van der Waals surface area contributed by atoms with Crippen LogP contribution in [0.15, 0.2) is 82.9 Å². The molecule has 1 aromatic heterocycles. The molecule has 0 spiro atoms. The van der Waals surface area contributed by atoms with Gasteiger partial charge in [-0.1, -0.05) is 71.6 Å². The second-order valence-corrected chi connectivity index (χ2v) is 12.1. The number of fused-ring (bicyclic) bond motifs is 1. The summed E-state index contributed by atoms with van der Waals surface area (Å²) in [6.07, 6.45) is 1.78. The van der Waals surface area contributed by atoms with Gasteiger partial charge in [-0.2, -0.15) is 0 Å². The summed E-state index contributed by atoms with van der Waals surface area (Å²) in [6, 6.07) is 21.5. The Morgan fingerprint density at radius 1 is 1.10 bits per heavy atom. The van der Waals surface area contributed by atoms with E-state index in [1.54, 1.807) is 48.5 Å². The average Bonchev–Trinajstić information content (AvgIpc) is 3.49. The van der Waals surface area contributed by atoms with Gasteiger partial charge < -0.3 is 10.1 Å². The van der Waals surface area contributed by atoms with Crippen molar-refractivity contribution in [2.75, 3.05) is 24.2 Å². The van der Waals surface area contributed by atoms with E-state index in [0.29, 0.717) is 42.7 Å². The molecule has 1 aliphatic heterocycles. The molecule has 0 atom stereocenters. The van der Waals surface area contributed by atoms with Crippen LogP contribution in [0.1, 0.15) is 23.7 Å². The molecule has 5 rings (SSSR count). The predicted octanol–water partition coefficient (Wildman–Crippen LogP) is 6.75. The van der Waals surface area contributed by atoms with E-state index < -0.39 is 0 Å². The lowest BCUT2D eigenvalue weighted by atomic mass is 10.2. The van der Waals surface area contributed by atoms with Gasteiger partial charge in [-0.3, -0.25) is 23.9 Å². The second kappa shape index (κ2) is 13.6. The normalized spacial score (nSPS) is 14.1. The zero-order valence-corrected chi connectivity index (χ0v) is 25.6. The fraction of sp³-hybridized carbons (Fsp3) is 0.167. The van der Waals surface area contributed by atoms with Gasteiger partial charge in [-0.15, -0.1) is 0 Å². The number of ether oxygens (including phenoxy) is 1. The number of nitrogens with zero attached hydrogens (tertiary/aromatic N) is 3. The summed E-state index contributed by atoms with van der Waals surface area (Å²) in [4.78, 5) is 45.8. The summed E-state index contributed by atoms with van der Waals surface area (Å²) in [5.74, 6) is 0.0346. The van der Waals surface area contributed by atoms with Gasteiger partial charge in [0, 0.05) is 23.7 Å². The molecule has 4 aromatic rings. The Morgan fingerprint density at radius 2 is 1.83 bits per heavy atom. The van der Waals surface area contributed by atoms with Crippen LogP contribution in [0, 0.1) is 0 Å². The van der Waals surface area contributed by atoms with Crippen LogP contribution in [0.4, 0.5) is 5.69 Å². The van der Waals surface area contributed by atoms with Crippen LogP contribution >= 0.6 is 47.3 Å². The Hall–Kier alpha value is -3.64. The Balaban J connectivity index is 1.25. The molecule has 1 saturated heterocycles. The number of para-hydroxylation sites is 2. The van der Waals surface area contributed by atoms with Crippen molar-refractivity contribution in [3.8, 4) is 5.75 Å². The fourth-order valence-electron chi connectivity index (χ4n) is 4.19. The molecule has 1 N–H and O–H groups in total. The minimum atomic E-state index is -0.256. The van der Waals surface area contributed by atoms with Crippen LogP contribution < -0.4 is 10.1 Å². The SMILES string of the molecule is CCOc1ccc(NC(=O)CSc2nc3ccccc3n2C(=O)CCN2C(=O)/C(=C/c3ccc(Cl)cc3)SC2=S)cc1. The van der Waals surface area contributed by atoms with Crippen molar-refractivity contribution in [1.29, 1.82) is 0 Å². The number of nitrogens with one attached hydrogen (secondary N) is 1. The molecule has 42 heavy (non-hydrogen) atoms. The zero-order chi connectivity index (χ0) is 29.6. The first-order valence-corrected chi connectivity index (χ1v) is 15.6. The number of imidazole rings is 1. The molecule has 1 aliphatic rings. The number of halogens is 1. The summed E-state index contributed by atoms with van der Waals surface area (Å²) in [5.41, 5.74) is 2.73. The first-order valence-electron chi connectivity index (χ1n) is 13.0. The topological polar surface area (TPSA) is 93.5 Å². The third-order valence-corrected chi connectivity index (χ3v) is 8.72. The number of rotatable bonds is 10.